The van der Waals surface area contributed by atoms with Gasteiger partial charge >= 0.3 is 6.03 Å². The van der Waals surface area contributed by atoms with E-state index in [1.54, 1.807) is 30.4 Å². The standard InChI is InChI=1S/C16H20N4O/c1-19(15-8-4-3-5-9-15)11-12-20(2)16(21)18-14-7-6-10-17-13-14/h3-10,13H,11-12H2,1-2H3,(H,18,21). The molecule has 1 aromatic heterocycles. The fourth-order valence-corrected chi connectivity index (χ4v) is 1.87. The Morgan fingerprint density at radius 2 is 1.86 bits per heavy atom. The average molecular weight is 284 g/mol. The number of rotatable bonds is 5. The van der Waals surface area contributed by atoms with Crippen LogP contribution in [0.2, 0.25) is 0 Å². The van der Waals surface area contributed by atoms with Gasteiger partial charge in [0, 0.05) is 39.1 Å². The molecule has 0 unspecified atom stereocenters. The van der Waals surface area contributed by atoms with E-state index >= 15 is 0 Å². The highest BCUT2D eigenvalue weighted by molar-refractivity contribution is 5.88. The van der Waals surface area contributed by atoms with Crippen molar-refractivity contribution in [1.29, 1.82) is 0 Å². The predicted octanol–water partition coefficient (Wildman–Crippen LogP) is 2.68. The number of carbonyl (C=O) groups excluding carboxylic acids is 1. The third-order valence-corrected chi connectivity index (χ3v) is 3.23. The molecule has 0 radical (unpaired) electrons. The fourth-order valence-electron chi connectivity index (χ4n) is 1.87. The van der Waals surface area contributed by atoms with Crippen LogP contribution >= 0.6 is 0 Å². The second kappa shape index (κ2) is 7.28. The third kappa shape index (κ3) is 4.49. The molecule has 0 spiro atoms. The zero-order chi connectivity index (χ0) is 15.1. The van der Waals surface area contributed by atoms with Crippen LogP contribution in [0.5, 0.6) is 0 Å². The van der Waals surface area contributed by atoms with Crippen molar-refractivity contribution < 1.29 is 4.79 Å². The number of hydrogen-bond acceptors (Lipinski definition) is 3. The smallest absolute Gasteiger partial charge is 0.321 e. The first-order chi connectivity index (χ1) is 10.2. The van der Waals surface area contributed by atoms with Gasteiger partial charge in [0.1, 0.15) is 0 Å². The van der Waals surface area contributed by atoms with Gasteiger partial charge in [-0.05, 0) is 24.3 Å². The van der Waals surface area contributed by atoms with E-state index in [2.05, 4.69) is 27.3 Å². The molecular weight excluding hydrogens is 264 g/mol. The normalized spacial score (nSPS) is 10.0. The number of carbonyl (C=O) groups is 1. The number of likely N-dealkylation sites (N-methyl/N-ethyl adjacent to an activating group) is 2. The third-order valence-electron chi connectivity index (χ3n) is 3.23. The summed E-state index contributed by atoms with van der Waals surface area (Å²) in [7, 11) is 3.80. The van der Waals surface area contributed by atoms with E-state index < -0.39 is 0 Å². The van der Waals surface area contributed by atoms with Gasteiger partial charge < -0.3 is 15.1 Å². The number of anilines is 2. The van der Waals surface area contributed by atoms with E-state index in [0.717, 1.165) is 12.2 Å². The van der Waals surface area contributed by atoms with Crippen molar-refractivity contribution in [1.82, 2.24) is 9.88 Å². The number of amides is 2. The van der Waals surface area contributed by atoms with Crippen LogP contribution in [0.25, 0.3) is 0 Å². The lowest BCUT2D eigenvalue weighted by molar-refractivity contribution is 0.223. The molecule has 0 bridgehead atoms. The van der Waals surface area contributed by atoms with Gasteiger partial charge in [-0.1, -0.05) is 18.2 Å². The second-order valence-electron chi connectivity index (χ2n) is 4.85. The van der Waals surface area contributed by atoms with Crippen molar-refractivity contribution in [3.63, 3.8) is 0 Å². The van der Waals surface area contributed by atoms with Crippen LogP contribution in [0, 0.1) is 0 Å². The molecule has 0 aliphatic carbocycles. The zero-order valence-electron chi connectivity index (χ0n) is 12.4. The van der Waals surface area contributed by atoms with Gasteiger partial charge in [-0.3, -0.25) is 4.98 Å². The molecule has 2 amide bonds. The predicted molar refractivity (Wildman–Crippen MR) is 85.6 cm³/mol. The average Bonchev–Trinajstić information content (AvgIpc) is 2.54. The molecule has 5 nitrogen and oxygen atoms in total. The van der Waals surface area contributed by atoms with E-state index in [-0.39, 0.29) is 6.03 Å². The number of hydrogen-bond donors (Lipinski definition) is 1. The molecule has 0 saturated heterocycles. The summed E-state index contributed by atoms with van der Waals surface area (Å²) in [5, 5.41) is 2.81. The molecule has 0 saturated carbocycles. The Morgan fingerprint density at radius 3 is 2.52 bits per heavy atom. The molecule has 1 heterocycles. The summed E-state index contributed by atoms with van der Waals surface area (Å²) >= 11 is 0. The largest absolute Gasteiger partial charge is 0.373 e. The first-order valence-electron chi connectivity index (χ1n) is 6.85. The number of para-hydroxylation sites is 1. The molecule has 5 heteroatoms. The lowest BCUT2D eigenvalue weighted by atomic mass is 10.3. The highest BCUT2D eigenvalue weighted by Crippen LogP contribution is 2.10. The first kappa shape index (κ1) is 14.8. The molecular formula is C16H20N4O. The monoisotopic (exact) mass is 284 g/mol. The summed E-state index contributed by atoms with van der Waals surface area (Å²) in [4.78, 5) is 19.8. The molecule has 1 N–H and O–H groups in total. The van der Waals surface area contributed by atoms with Crippen LogP contribution in [0.3, 0.4) is 0 Å². The summed E-state index contributed by atoms with van der Waals surface area (Å²) in [5.41, 5.74) is 1.84. The summed E-state index contributed by atoms with van der Waals surface area (Å²) in [6.45, 7) is 1.40. The fraction of sp³-hybridized carbons (Fsp3) is 0.250. The topological polar surface area (TPSA) is 48.5 Å². The van der Waals surface area contributed by atoms with E-state index in [0.29, 0.717) is 12.2 Å². The van der Waals surface area contributed by atoms with Crippen molar-refractivity contribution in [3.05, 3.63) is 54.9 Å². The highest BCUT2D eigenvalue weighted by atomic mass is 16.2. The summed E-state index contributed by atoms with van der Waals surface area (Å²) in [6, 6.07) is 13.6. The minimum absolute atomic E-state index is 0.135. The van der Waals surface area contributed by atoms with Gasteiger partial charge in [0.25, 0.3) is 0 Å². The van der Waals surface area contributed by atoms with Crippen LogP contribution in [0.1, 0.15) is 0 Å². The van der Waals surface area contributed by atoms with Gasteiger partial charge in [-0.2, -0.15) is 0 Å². The van der Waals surface area contributed by atoms with Gasteiger partial charge in [-0.25, -0.2) is 4.79 Å². The maximum atomic E-state index is 12.0. The van der Waals surface area contributed by atoms with E-state index in [1.807, 2.05) is 31.3 Å². The lowest BCUT2D eigenvalue weighted by Crippen LogP contribution is -2.37. The molecule has 0 fully saturated rings. The minimum Gasteiger partial charge on any atom is -0.373 e. The van der Waals surface area contributed by atoms with Gasteiger partial charge in [0.2, 0.25) is 0 Å². The SMILES string of the molecule is CN(CCN(C)c1ccccc1)C(=O)Nc1cccnc1. The summed E-state index contributed by atoms with van der Waals surface area (Å²) in [6.07, 6.45) is 3.30. The molecule has 1 aromatic carbocycles. The van der Waals surface area contributed by atoms with E-state index in [1.165, 1.54) is 0 Å². The highest BCUT2D eigenvalue weighted by Gasteiger charge is 2.09. The van der Waals surface area contributed by atoms with Crippen LogP contribution in [-0.4, -0.2) is 43.1 Å². The molecule has 110 valence electrons. The second-order valence-corrected chi connectivity index (χ2v) is 4.85. The summed E-state index contributed by atoms with van der Waals surface area (Å²) in [5.74, 6) is 0. The number of nitrogens with zero attached hydrogens (tertiary/aromatic N) is 3. The van der Waals surface area contributed by atoms with Crippen LogP contribution in [0.15, 0.2) is 54.9 Å². The number of urea groups is 1. The van der Waals surface area contributed by atoms with Gasteiger partial charge in [-0.15, -0.1) is 0 Å². The Hall–Kier alpha value is -2.56. The summed E-state index contributed by atoms with van der Waals surface area (Å²) < 4.78 is 0. The molecule has 2 rings (SSSR count). The Labute approximate surface area is 125 Å². The molecule has 0 atom stereocenters. The van der Waals surface area contributed by atoms with E-state index in [4.69, 9.17) is 0 Å². The maximum Gasteiger partial charge on any atom is 0.321 e. The Kier molecular flexibility index (Phi) is 5.15. The number of aromatic nitrogens is 1. The molecule has 2 aromatic rings. The molecule has 21 heavy (non-hydrogen) atoms. The van der Waals surface area contributed by atoms with Crippen molar-refractivity contribution in [2.45, 2.75) is 0 Å². The quantitative estimate of drug-likeness (QED) is 0.918. The molecule has 0 aliphatic heterocycles. The van der Waals surface area contributed by atoms with Crippen LogP contribution in [-0.2, 0) is 0 Å². The van der Waals surface area contributed by atoms with Crippen LogP contribution in [0.4, 0.5) is 16.2 Å². The molecule has 0 aliphatic rings. The maximum absolute atomic E-state index is 12.0. The number of nitrogens with one attached hydrogen (secondary N) is 1. The van der Waals surface area contributed by atoms with E-state index in [9.17, 15) is 4.79 Å². The van der Waals surface area contributed by atoms with Crippen LogP contribution < -0.4 is 10.2 Å². The first-order valence-corrected chi connectivity index (χ1v) is 6.85. The minimum atomic E-state index is -0.135. The van der Waals surface area contributed by atoms with Crippen molar-refractivity contribution >= 4 is 17.4 Å². The van der Waals surface area contributed by atoms with Gasteiger partial charge in [0.05, 0.1) is 11.9 Å². The van der Waals surface area contributed by atoms with Crippen molar-refractivity contribution in [3.8, 4) is 0 Å². The Bertz CT molecular complexity index is 559. The lowest BCUT2D eigenvalue weighted by Gasteiger charge is -2.24. The number of pyridine rings is 1. The van der Waals surface area contributed by atoms with Gasteiger partial charge in [0.15, 0.2) is 0 Å². The zero-order valence-corrected chi connectivity index (χ0v) is 12.4. The Balaban J connectivity index is 1.81. The number of benzene rings is 1. The Morgan fingerprint density at radius 1 is 1.10 bits per heavy atom. The van der Waals surface area contributed by atoms with Crippen molar-refractivity contribution in [2.75, 3.05) is 37.4 Å². The van der Waals surface area contributed by atoms with Crippen molar-refractivity contribution in [2.24, 2.45) is 0 Å².